The zero-order valence-electron chi connectivity index (χ0n) is 12.2. The molecule has 0 unspecified atom stereocenters. The highest BCUT2D eigenvalue weighted by Gasteiger charge is 2.30. The Morgan fingerprint density at radius 3 is 2.45 bits per heavy atom. The molecular weight excluding hydrogens is 254 g/mol. The van der Waals surface area contributed by atoms with Crippen LogP contribution in [0.2, 0.25) is 0 Å². The van der Waals surface area contributed by atoms with Crippen LogP contribution in [-0.2, 0) is 9.53 Å². The number of carbonyl (C=O) groups is 1. The van der Waals surface area contributed by atoms with Gasteiger partial charge in [-0.2, -0.15) is 0 Å². The number of hydrogen-bond donors (Lipinski definition) is 1. The normalized spacial score (nSPS) is 20.4. The van der Waals surface area contributed by atoms with E-state index in [2.05, 4.69) is 4.90 Å². The summed E-state index contributed by atoms with van der Waals surface area (Å²) in [6.07, 6.45) is 1.39. The van der Waals surface area contributed by atoms with Crippen molar-refractivity contribution in [3.05, 3.63) is 35.9 Å². The van der Waals surface area contributed by atoms with Crippen molar-refractivity contribution in [2.75, 3.05) is 20.2 Å². The maximum absolute atomic E-state index is 11.5. The van der Waals surface area contributed by atoms with E-state index in [9.17, 15) is 9.90 Å². The Labute approximate surface area is 120 Å². The summed E-state index contributed by atoms with van der Waals surface area (Å²) >= 11 is 0. The Morgan fingerprint density at radius 2 is 1.90 bits per heavy atom. The Bertz CT molecular complexity index is 427. The number of likely N-dealkylation sites (tertiary alicyclic amines) is 1. The lowest BCUT2D eigenvalue weighted by Crippen LogP contribution is -2.45. The van der Waals surface area contributed by atoms with E-state index in [1.165, 1.54) is 7.11 Å². The van der Waals surface area contributed by atoms with Crippen LogP contribution in [-0.4, -0.2) is 42.2 Å². The number of hydrogen-bond acceptors (Lipinski definition) is 4. The van der Waals surface area contributed by atoms with Gasteiger partial charge in [0.1, 0.15) is 6.04 Å². The number of ether oxygens (including phenoxy) is 1. The molecule has 0 aliphatic carbocycles. The summed E-state index contributed by atoms with van der Waals surface area (Å²) in [6, 6.07) is 9.59. The van der Waals surface area contributed by atoms with Crippen molar-refractivity contribution in [3.8, 4) is 0 Å². The van der Waals surface area contributed by atoms with Crippen molar-refractivity contribution in [2.24, 2.45) is 5.92 Å². The SMILES string of the molecule is COC(=O)[C@H](C)N1CCC([C@@H](O)c2ccccc2)CC1. The summed E-state index contributed by atoms with van der Waals surface area (Å²) in [5, 5.41) is 10.4. The van der Waals surface area contributed by atoms with E-state index in [0.29, 0.717) is 0 Å². The van der Waals surface area contributed by atoms with E-state index in [1.54, 1.807) is 0 Å². The number of aliphatic hydroxyl groups excluding tert-OH is 1. The molecule has 0 bridgehead atoms. The number of aliphatic hydroxyl groups is 1. The first kappa shape index (κ1) is 15.0. The number of piperidine rings is 1. The van der Waals surface area contributed by atoms with Crippen LogP contribution in [0.3, 0.4) is 0 Å². The van der Waals surface area contributed by atoms with Crippen LogP contribution >= 0.6 is 0 Å². The summed E-state index contributed by atoms with van der Waals surface area (Å²) in [6.45, 7) is 3.52. The number of rotatable bonds is 4. The van der Waals surface area contributed by atoms with Gasteiger partial charge in [-0.3, -0.25) is 9.69 Å². The minimum atomic E-state index is -0.410. The molecule has 1 fully saturated rings. The smallest absolute Gasteiger partial charge is 0.322 e. The van der Waals surface area contributed by atoms with Crippen LogP contribution in [0.5, 0.6) is 0 Å². The number of nitrogens with zero attached hydrogens (tertiary/aromatic N) is 1. The molecule has 0 saturated carbocycles. The van der Waals surface area contributed by atoms with Gasteiger partial charge < -0.3 is 9.84 Å². The molecule has 0 radical (unpaired) electrons. The van der Waals surface area contributed by atoms with Crippen LogP contribution in [0.25, 0.3) is 0 Å². The first-order chi connectivity index (χ1) is 9.63. The van der Waals surface area contributed by atoms with Gasteiger partial charge in [0.15, 0.2) is 0 Å². The van der Waals surface area contributed by atoms with Gasteiger partial charge in [0.05, 0.1) is 13.2 Å². The van der Waals surface area contributed by atoms with Crippen LogP contribution in [0.1, 0.15) is 31.4 Å². The number of esters is 1. The molecule has 1 saturated heterocycles. The van der Waals surface area contributed by atoms with Gasteiger partial charge in [0.2, 0.25) is 0 Å². The minimum absolute atomic E-state index is 0.188. The molecule has 1 aliphatic heterocycles. The summed E-state index contributed by atoms with van der Waals surface area (Å²) in [5.41, 5.74) is 0.979. The summed E-state index contributed by atoms with van der Waals surface area (Å²) in [7, 11) is 1.42. The second-order valence-electron chi connectivity index (χ2n) is 5.43. The number of carbonyl (C=O) groups excluding carboxylic acids is 1. The lowest BCUT2D eigenvalue weighted by atomic mass is 9.87. The summed E-state index contributed by atoms with van der Waals surface area (Å²) < 4.78 is 4.78. The maximum atomic E-state index is 11.5. The highest BCUT2D eigenvalue weighted by atomic mass is 16.5. The fourth-order valence-electron chi connectivity index (χ4n) is 2.86. The summed E-state index contributed by atoms with van der Waals surface area (Å²) in [4.78, 5) is 13.7. The third kappa shape index (κ3) is 3.38. The molecule has 0 spiro atoms. The molecule has 0 amide bonds. The van der Waals surface area contributed by atoms with Gasteiger partial charge in [-0.1, -0.05) is 30.3 Å². The Kier molecular flexibility index (Phi) is 5.15. The first-order valence-corrected chi connectivity index (χ1v) is 7.18. The van der Waals surface area contributed by atoms with E-state index < -0.39 is 6.10 Å². The third-order valence-electron chi connectivity index (χ3n) is 4.25. The second kappa shape index (κ2) is 6.86. The number of benzene rings is 1. The number of methoxy groups -OCH3 is 1. The molecule has 0 aromatic heterocycles. The lowest BCUT2D eigenvalue weighted by molar-refractivity contribution is -0.147. The monoisotopic (exact) mass is 277 g/mol. The van der Waals surface area contributed by atoms with E-state index in [-0.39, 0.29) is 17.9 Å². The fourth-order valence-corrected chi connectivity index (χ4v) is 2.86. The predicted octanol–water partition coefficient (Wildman–Crippen LogP) is 1.99. The Hall–Kier alpha value is -1.39. The second-order valence-corrected chi connectivity index (χ2v) is 5.43. The van der Waals surface area contributed by atoms with Gasteiger partial charge in [0.25, 0.3) is 0 Å². The van der Waals surface area contributed by atoms with Gasteiger partial charge >= 0.3 is 5.97 Å². The highest BCUT2D eigenvalue weighted by molar-refractivity contribution is 5.75. The molecule has 1 aromatic rings. The molecule has 1 aliphatic rings. The molecule has 4 heteroatoms. The highest BCUT2D eigenvalue weighted by Crippen LogP contribution is 2.31. The fraction of sp³-hybridized carbons (Fsp3) is 0.562. The van der Waals surface area contributed by atoms with Crippen molar-refractivity contribution in [2.45, 2.75) is 31.9 Å². The van der Waals surface area contributed by atoms with Crippen molar-refractivity contribution < 1.29 is 14.6 Å². The lowest BCUT2D eigenvalue weighted by Gasteiger charge is -2.36. The van der Waals surface area contributed by atoms with Crippen molar-refractivity contribution in [1.29, 1.82) is 0 Å². The van der Waals surface area contributed by atoms with E-state index in [4.69, 9.17) is 4.74 Å². The van der Waals surface area contributed by atoms with E-state index >= 15 is 0 Å². The minimum Gasteiger partial charge on any atom is -0.468 e. The average Bonchev–Trinajstić information content (AvgIpc) is 2.53. The molecule has 2 rings (SSSR count). The third-order valence-corrected chi connectivity index (χ3v) is 4.25. The van der Waals surface area contributed by atoms with Crippen LogP contribution in [0, 0.1) is 5.92 Å². The molecular formula is C16H23NO3. The van der Waals surface area contributed by atoms with Crippen LogP contribution in [0.15, 0.2) is 30.3 Å². The zero-order valence-corrected chi connectivity index (χ0v) is 12.2. The van der Waals surface area contributed by atoms with Crippen molar-refractivity contribution in [3.63, 3.8) is 0 Å². The molecule has 110 valence electrons. The Morgan fingerprint density at radius 1 is 1.30 bits per heavy atom. The van der Waals surface area contributed by atoms with E-state index in [0.717, 1.165) is 31.5 Å². The first-order valence-electron chi connectivity index (χ1n) is 7.18. The molecule has 1 heterocycles. The van der Waals surface area contributed by atoms with Gasteiger partial charge in [-0.25, -0.2) is 0 Å². The average molecular weight is 277 g/mol. The van der Waals surface area contributed by atoms with Gasteiger partial charge in [0, 0.05) is 0 Å². The standard InChI is InChI=1S/C16H23NO3/c1-12(16(19)20-2)17-10-8-14(9-11-17)15(18)13-6-4-3-5-7-13/h3-7,12,14-15,18H,8-11H2,1-2H3/t12-,15-/m0/s1. The molecule has 4 nitrogen and oxygen atoms in total. The quantitative estimate of drug-likeness (QED) is 0.855. The summed E-state index contributed by atoms with van der Waals surface area (Å²) in [5.74, 6) is 0.0746. The van der Waals surface area contributed by atoms with E-state index in [1.807, 2.05) is 37.3 Å². The Balaban J connectivity index is 1.90. The molecule has 1 N–H and O–H groups in total. The largest absolute Gasteiger partial charge is 0.468 e. The van der Waals surface area contributed by atoms with Crippen LogP contribution in [0.4, 0.5) is 0 Å². The van der Waals surface area contributed by atoms with Crippen molar-refractivity contribution >= 4 is 5.97 Å². The van der Waals surface area contributed by atoms with Crippen molar-refractivity contribution in [1.82, 2.24) is 4.90 Å². The zero-order chi connectivity index (χ0) is 14.5. The van der Waals surface area contributed by atoms with Gasteiger partial charge in [-0.15, -0.1) is 0 Å². The molecule has 20 heavy (non-hydrogen) atoms. The van der Waals surface area contributed by atoms with Crippen LogP contribution < -0.4 is 0 Å². The maximum Gasteiger partial charge on any atom is 0.322 e. The predicted molar refractivity (Wildman–Crippen MR) is 77.2 cm³/mol. The topological polar surface area (TPSA) is 49.8 Å². The molecule has 2 atom stereocenters. The molecule has 1 aromatic carbocycles. The van der Waals surface area contributed by atoms with Gasteiger partial charge in [-0.05, 0) is 44.3 Å².